The fourth-order valence-corrected chi connectivity index (χ4v) is 2.04. The summed E-state index contributed by atoms with van der Waals surface area (Å²) in [7, 11) is 1.80. The molecule has 0 spiro atoms. The van der Waals surface area contributed by atoms with Crippen molar-refractivity contribution >= 4 is 29.5 Å². The first-order chi connectivity index (χ1) is 8.60. The van der Waals surface area contributed by atoms with Gasteiger partial charge in [0, 0.05) is 18.7 Å². The standard InChI is InChI=1S/C13H15ClN2O2/c1-16(7-13(18)15-10-3-4-10)12-5-2-9(8-17)6-11(12)14/h2,5-6,8,10H,3-4,7H2,1H3,(H,15,18). The number of rotatable bonds is 5. The molecule has 1 aromatic rings. The molecule has 0 radical (unpaired) electrons. The largest absolute Gasteiger partial charge is 0.364 e. The fraction of sp³-hybridized carbons (Fsp3) is 0.385. The van der Waals surface area contributed by atoms with Crippen molar-refractivity contribution in [1.82, 2.24) is 5.32 Å². The number of nitrogens with zero attached hydrogens (tertiary/aromatic N) is 1. The minimum atomic E-state index is -0.00414. The number of likely N-dealkylation sites (N-methyl/N-ethyl adjacent to an activating group) is 1. The number of carbonyl (C=O) groups excluding carboxylic acids is 2. The lowest BCUT2D eigenvalue weighted by Gasteiger charge is -2.20. The summed E-state index contributed by atoms with van der Waals surface area (Å²) in [6.45, 7) is 0.261. The predicted octanol–water partition coefficient (Wildman–Crippen LogP) is 1.87. The molecule has 1 fully saturated rings. The van der Waals surface area contributed by atoms with E-state index in [1.807, 2.05) is 0 Å². The maximum Gasteiger partial charge on any atom is 0.239 e. The van der Waals surface area contributed by atoms with Gasteiger partial charge in [0.25, 0.3) is 0 Å². The van der Waals surface area contributed by atoms with Crippen LogP contribution in [0.25, 0.3) is 0 Å². The van der Waals surface area contributed by atoms with Crippen LogP contribution in [-0.4, -0.2) is 31.8 Å². The highest BCUT2D eigenvalue weighted by molar-refractivity contribution is 6.33. The Morgan fingerprint density at radius 2 is 2.28 bits per heavy atom. The molecule has 1 amide bonds. The van der Waals surface area contributed by atoms with E-state index in [1.165, 1.54) is 0 Å². The second kappa shape index (κ2) is 5.40. The Morgan fingerprint density at radius 1 is 1.56 bits per heavy atom. The molecule has 2 rings (SSSR count). The molecule has 1 aromatic carbocycles. The van der Waals surface area contributed by atoms with E-state index in [9.17, 15) is 9.59 Å². The molecule has 0 aliphatic heterocycles. The Balaban J connectivity index is 2.00. The Kier molecular flexibility index (Phi) is 3.87. The van der Waals surface area contributed by atoms with E-state index in [0.29, 0.717) is 16.6 Å². The zero-order chi connectivity index (χ0) is 13.1. The highest BCUT2D eigenvalue weighted by atomic mass is 35.5. The number of benzene rings is 1. The Morgan fingerprint density at radius 3 is 2.83 bits per heavy atom. The quantitative estimate of drug-likeness (QED) is 0.828. The summed E-state index contributed by atoms with van der Waals surface area (Å²) in [5, 5.41) is 3.39. The molecule has 5 heteroatoms. The summed E-state index contributed by atoms with van der Waals surface area (Å²) < 4.78 is 0. The van der Waals surface area contributed by atoms with E-state index in [1.54, 1.807) is 30.1 Å². The Hall–Kier alpha value is -1.55. The molecule has 1 saturated carbocycles. The number of halogens is 1. The van der Waals surface area contributed by atoms with E-state index in [4.69, 9.17) is 11.6 Å². The minimum absolute atomic E-state index is 0.00414. The monoisotopic (exact) mass is 266 g/mol. The van der Waals surface area contributed by atoms with Gasteiger partial charge in [-0.1, -0.05) is 11.6 Å². The van der Waals surface area contributed by atoms with Crippen LogP contribution in [0.5, 0.6) is 0 Å². The molecule has 1 N–H and O–H groups in total. The number of anilines is 1. The van der Waals surface area contributed by atoms with Crippen molar-refractivity contribution in [1.29, 1.82) is 0 Å². The summed E-state index contributed by atoms with van der Waals surface area (Å²) in [5.41, 5.74) is 1.27. The molecule has 0 aromatic heterocycles. The van der Waals surface area contributed by atoms with Gasteiger partial charge in [-0.05, 0) is 31.0 Å². The van der Waals surface area contributed by atoms with Crippen LogP contribution >= 0.6 is 11.6 Å². The van der Waals surface area contributed by atoms with Gasteiger partial charge in [0.2, 0.25) is 5.91 Å². The lowest BCUT2D eigenvalue weighted by atomic mass is 10.2. The Labute approximate surface area is 111 Å². The van der Waals surface area contributed by atoms with Crippen LogP contribution in [0.3, 0.4) is 0 Å². The number of aldehydes is 1. The molecule has 18 heavy (non-hydrogen) atoms. The molecule has 0 bridgehead atoms. The molecule has 1 aliphatic rings. The summed E-state index contributed by atoms with van der Waals surface area (Å²) in [5.74, 6) is -0.00414. The molecule has 96 valence electrons. The van der Waals surface area contributed by atoms with Gasteiger partial charge in [0.1, 0.15) is 6.29 Å². The van der Waals surface area contributed by atoms with Crippen molar-refractivity contribution in [2.45, 2.75) is 18.9 Å². The van der Waals surface area contributed by atoms with Gasteiger partial charge in [0.05, 0.1) is 17.3 Å². The van der Waals surface area contributed by atoms with Crippen LogP contribution in [0.2, 0.25) is 5.02 Å². The molecule has 0 saturated heterocycles. The summed E-state index contributed by atoms with van der Waals surface area (Å²) in [6, 6.07) is 5.39. The second-order valence-electron chi connectivity index (χ2n) is 4.53. The van der Waals surface area contributed by atoms with Crippen LogP contribution < -0.4 is 10.2 Å². The van der Waals surface area contributed by atoms with Crippen molar-refractivity contribution in [3.63, 3.8) is 0 Å². The highest BCUT2D eigenvalue weighted by Gasteiger charge is 2.23. The van der Waals surface area contributed by atoms with Crippen LogP contribution in [0.1, 0.15) is 23.2 Å². The topological polar surface area (TPSA) is 49.4 Å². The third kappa shape index (κ3) is 3.23. The maximum absolute atomic E-state index is 11.7. The fourth-order valence-electron chi connectivity index (χ4n) is 1.71. The van der Waals surface area contributed by atoms with E-state index >= 15 is 0 Å². The number of hydrogen-bond donors (Lipinski definition) is 1. The van der Waals surface area contributed by atoms with Gasteiger partial charge in [-0.2, -0.15) is 0 Å². The average Bonchev–Trinajstić information content (AvgIpc) is 3.12. The first kappa shape index (κ1) is 12.9. The van der Waals surface area contributed by atoms with Crippen molar-refractivity contribution in [3.05, 3.63) is 28.8 Å². The zero-order valence-corrected chi connectivity index (χ0v) is 10.9. The van der Waals surface area contributed by atoms with Crippen molar-refractivity contribution in [2.75, 3.05) is 18.5 Å². The number of nitrogens with one attached hydrogen (secondary N) is 1. The Bertz CT molecular complexity index is 472. The first-order valence-electron chi connectivity index (χ1n) is 5.85. The van der Waals surface area contributed by atoms with E-state index in [2.05, 4.69) is 5.32 Å². The highest BCUT2D eigenvalue weighted by Crippen LogP contribution is 2.25. The van der Waals surface area contributed by atoms with Crippen LogP contribution in [0, 0.1) is 0 Å². The number of amides is 1. The molecule has 4 nitrogen and oxygen atoms in total. The maximum atomic E-state index is 11.7. The van der Waals surface area contributed by atoms with Gasteiger partial charge < -0.3 is 10.2 Å². The zero-order valence-electron chi connectivity index (χ0n) is 10.1. The molecule has 0 unspecified atom stereocenters. The van der Waals surface area contributed by atoms with Gasteiger partial charge >= 0.3 is 0 Å². The lowest BCUT2D eigenvalue weighted by molar-refractivity contribution is -0.119. The smallest absolute Gasteiger partial charge is 0.239 e. The van der Waals surface area contributed by atoms with E-state index in [0.717, 1.165) is 24.8 Å². The van der Waals surface area contributed by atoms with Gasteiger partial charge in [0.15, 0.2) is 0 Å². The first-order valence-corrected chi connectivity index (χ1v) is 6.23. The second-order valence-corrected chi connectivity index (χ2v) is 4.93. The molecular formula is C13H15ClN2O2. The summed E-state index contributed by atoms with van der Waals surface area (Å²) in [6.07, 6.45) is 2.89. The molecular weight excluding hydrogens is 252 g/mol. The van der Waals surface area contributed by atoms with Crippen LogP contribution in [-0.2, 0) is 4.79 Å². The predicted molar refractivity (Wildman–Crippen MR) is 71.3 cm³/mol. The van der Waals surface area contributed by atoms with Gasteiger partial charge in [-0.15, -0.1) is 0 Å². The van der Waals surface area contributed by atoms with Crippen molar-refractivity contribution in [2.24, 2.45) is 0 Å². The van der Waals surface area contributed by atoms with Crippen LogP contribution in [0.15, 0.2) is 18.2 Å². The molecule has 1 aliphatic carbocycles. The lowest BCUT2D eigenvalue weighted by Crippen LogP contribution is -2.36. The van der Waals surface area contributed by atoms with Gasteiger partial charge in [-0.3, -0.25) is 9.59 Å². The van der Waals surface area contributed by atoms with Crippen molar-refractivity contribution in [3.8, 4) is 0 Å². The molecule has 0 atom stereocenters. The number of hydrogen-bond acceptors (Lipinski definition) is 3. The summed E-state index contributed by atoms with van der Waals surface area (Å²) >= 11 is 6.07. The third-order valence-corrected chi connectivity index (χ3v) is 3.15. The third-order valence-electron chi connectivity index (χ3n) is 2.84. The van der Waals surface area contributed by atoms with E-state index < -0.39 is 0 Å². The van der Waals surface area contributed by atoms with Gasteiger partial charge in [-0.25, -0.2) is 0 Å². The normalized spacial score (nSPS) is 14.1. The van der Waals surface area contributed by atoms with Crippen LogP contribution in [0.4, 0.5) is 5.69 Å². The summed E-state index contributed by atoms with van der Waals surface area (Å²) in [4.78, 5) is 24.0. The molecule has 0 heterocycles. The minimum Gasteiger partial charge on any atom is -0.364 e. The average molecular weight is 267 g/mol. The van der Waals surface area contributed by atoms with E-state index in [-0.39, 0.29) is 12.5 Å². The SMILES string of the molecule is CN(CC(=O)NC1CC1)c1ccc(C=O)cc1Cl. The van der Waals surface area contributed by atoms with Crippen molar-refractivity contribution < 1.29 is 9.59 Å². The number of carbonyl (C=O) groups is 2.